The van der Waals surface area contributed by atoms with E-state index < -0.39 is 5.97 Å². The zero-order chi connectivity index (χ0) is 11.3. The first kappa shape index (κ1) is 10.1. The van der Waals surface area contributed by atoms with Crippen molar-refractivity contribution in [2.75, 3.05) is 6.61 Å². The molecular formula is C12H11BrO3. The van der Waals surface area contributed by atoms with E-state index in [2.05, 4.69) is 15.9 Å². The van der Waals surface area contributed by atoms with Crippen LogP contribution < -0.4 is 4.74 Å². The largest absolute Gasteiger partial charge is 0.493 e. The molecule has 1 fully saturated rings. The molecule has 4 heteroatoms. The van der Waals surface area contributed by atoms with Crippen LogP contribution in [0.2, 0.25) is 0 Å². The number of carboxylic acids is 1. The molecule has 0 aromatic heterocycles. The molecule has 1 aliphatic heterocycles. The third-order valence-corrected chi connectivity index (χ3v) is 4.15. The quantitative estimate of drug-likeness (QED) is 0.861. The zero-order valence-electron chi connectivity index (χ0n) is 8.57. The van der Waals surface area contributed by atoms with Crippen molar-refractivity contribution < 1.29 is 14.6 Å². The van der Waals surface area contributed by atoms with Crippen LogP contribution in [0.15, 0.2) is 22.7 Å². The minimum absolute atomic E-state index is 0.163. The van der Waals surface area contributed by atoms with Crippen molar-refractivity contribution in [3.05, 3.63) is 28.2 Å². The maximum atomic E-state index is 11.1. The smallest absolute Gasteiger partial charge is 0.307 e. The normalized spacial score (nSPS) is 30.7. The van der Waals surface area contributed by atoms with Gasteiger partial charge < -0.3 is 9.84 Å². The summed E-state index contributed by atoms with van der Waals surface area (Å²) < 4.78 is 6.55. The highest BCUT2D eigenvalue weighted by atomic mass is 79.9. The maximum Gasteiger partial charge on any atom is 0.307 e. The van der Waals surface area contributed by atoms with Crippen LogP contribution in [0.25, 0.3) is 0 Å². The molecule has 1 N–H and O–H groups in total. The van der Waals surface area contributed by atoms with E-state index in [4.69, 9.17) is 9.84 Å². The second-order valence-electron chi connectivity index (χ2n) is 4.49. The van der Waals surface area contributed by atoms with E-state index in [1.54, 1.807) is 0 Å². The Labute approximate surface area is 102 Å². The first-order valence-electron chi connectivity index (χ1n) is 5.29. The Morgan fingerprint density at radius 1 is 1.56 bits per heavy atom. The summed E-state index contributed by atoms with van der Waals surface area (Å²) in [5.74, 6) is -0.0736. The predicted octanol–water partition coefficient (Wildman–Crippen LogP) is 2.57. The molecule has 0 saturated heterocycles. The molecule has 1 saturated carbocycles. The molecule has 16 heavy (non-hydrogen) atoms. The molecule has 84 valence electrons. The van der Waals surface area contributed by atoms with Crippen LogP contribution in [0, 0.1) is 5.92 Å². The van der Waals surface area contributed by atoms with Gasteiger partial charge in [0.25, 0.3) is 0 Å². The van der Waals surface area contributed by atoms with Gasteiger partial charge in [0, 0.05) is 15.5 Å². The van der Waals surface area contributed by atoms with Crippen molar-refractivity contribution in [2.45, 2.75) is 18.3 Å². The summed E-state index contributed by atoms with van der Waals surface area (Å²) in [4.78, 5) is 11.1. The number of aliphatic carboxylic acids is 1. The van der Waals surface area contributed by atoms with Gasteiger partial charge in [-0.3, -0.25) is 4.79 Å². The maximum absolute atomic E-state index is 11.1. The number of hydrogen-bond donors (Lipinski definition) is 1. The number of fused-ring (bicyclic) bond motifs is 2. The molecule has 2 atom stereocenters. The molecule has 1 heterocycles. The molecule has 2 unspecified atom stereocenters. The lowest BCUT2D eigenvalue weighted by Crippen LogP contribution is -2.24. The van der Waals surface area contributed by atoms with Gasteiger partial charge in [-0.1, -0.05) is 15.9 Å². The van der Waals surface area contributed by atoms with Gasteiger partial charge in [-0.2, -0.15) is 0 Å². The van der Waals surface area contributed by atoms with Crippen LogP contribution in [-0.2, 0) is 10.2 Å². The van der Waals surface area contributed by atoms with Crippen LogP contribution in [-0.4, -0.2) is 17.7 Å². The van der Waals surface area contributed by atoms with Crippen molar-refractivity contribution in [1.29, 1.82) is 0 Å². The van der Waals surface area contributed by atoms with E-state index in [0.29, 0.717) is 6.61 Å². The second-order valence-corrected chi connectivity index (χ2v) is 5.41. The van der Waals surface area contributed by atoms with Crippen molar-refractivity contribution >= 4 is 21.9 Å². The third-order valence-electron chi connectivity index (χ3n) is 3.66. The number of hydrogen-bond acceptors (Lipinski definition) is 2. The number of carboxylic acid groups (broad SMARTS) is 1. The van der Waals surface area contributed by atoms with E-state index in [1.165, 1.54) is 0 Å². The zero-order valence-corrected chi connectivity index (χ0v) is 10.2. The van der Waals surface area contributed by atoms with E-state index in [1.807, 2.05) is 18.2 Å². The summed E-state index contributed by atoms with van der Waals surface area (Å²) in [6.45, 7) is 0.623. The van der Waals surface area contributed by atoms with Gasteiger partial charge >= 0.3 is 5.97 Å². The average Bonchev–Trinajstić information content (AvgIpc) is 2.96. The van der Waals surface area contributed by atoms with Crippen molar-refractivity contribution in [1.82, 2.24) is 0 Å². The van der Waals surface area contributed by atoms with Gasteiger partial charge in [-0.25, -0.2) is 0 Å². The van der Waals surface area contributed by atoms with Crippen LogP contribution in [0.4, 0.5) is 0 Å². The van der Waals surface area contributed by atoms with E-state index >= 15 is 0 Å². The summed E-state index contributed by atoms with van der Waals surface area (Å²) in [5.41, 5.74) is 0.893. The van der Waals surface area contributed by atoms with Crippen LogP contribution in [0.5, 0.6) is 5.75 Å². The van der Waals surface area contributed by atoms with Crippen molar-refractivity contribution in [2.24, 2.45) is 5.92 Å². The third kappa shape index (κ3) is 1.29. The Bertz CT molecular complexity index is 471. The number of halogens is 1. The molecule has 1 aliphatic carbocycles. The second kappa shape index (κ2) is 3.23. The first-order chi connectivity index (χ1) is 7.63. The molecule has 2 aliphatic rings. The fourth-order valence-electron chi connectivity index (χ4n) is 2.70. The standard InChI is InChI=1S/C12H11BrO3/c13-7-1-2-10-8(5-7)12(3-4-16-10)6-9(12)11(14)15/h1-2,5,9H,3-4,6H2,(H,14,15). The van der Waals surface area contributed by atoms with Gasteiger partial charge in [0.15, 0.2) is 0 Å². The summed E-state index contributed by atoms with van der Waals surface area (Å²) in [6, 6.07) is 5.84. The lowest BCUT2D eigenvalue weighted by Gasteiger charge is -2.26. The minimum atomic E-state index is -0.687. The number of carbonyl (C=O) groups is 1. The van der Waals surface area contributed by atoms with Gasteiger partial charge in [0.2, 0.25) is 0 Å². The highest BCUT2D eigenvalue weighted by molar-refractivity contribution is 9.10. The lowest BCUT2D eigenvalue weighted by atomic mass is 9.87. The molecule has 1 spiro atoms. The number of rotatable bonds is 1. The number of ether oxygens (including phenoxy) is 1. The molecule has 3 rings (SSSR count). The van der Waals surface area contributed by atoms with Crippen molar-refractivity contribution in [3.63, 3.8) is 0 Å². The number of benzene rings is 1. The molecule has 0 radical (unpaired) electrons. The SMILES string of the molecule is O=C(O)C1CC12CCOc1ccc(Br)cc12. The Kier molecular flexibility index (Phi) is 2.05. The molecule has 0 amide bonds. The summed E-state index contributed by atoms with van der Waals surface area (Å²) in [5, 5.41) is 9.11. The molecular weight excluding hydrogens is 272 g/mol. The van der Waals surface area contributed by atoms with Gasteiger partial charge in [0.1, 0.15) is 5.75 Å². The fraction of sp³-hybridized carbons (Fsp3) is 0.417. The Hall–Kier alpha value is -1.03. The van der Waals surface area contributed by atoms with E-state index in [0.717, 1.165) is 28.6 Å². The molecule has 1 aromatic rings. The lowest BCUT2D eigenvalue weighted by molar-refractivity contribution is -0.139. The highest BCUT2D eigenvalue weighted by Crippen LogP contribution is 2.60. The Balaban J connectivity index is 2.07. The summed E-state index contributed by atoms with van der Waals surface area (Å²) in [7, 11) is 0. The monoisotopic (exact) mass is 282 g/mol. The van der Waals surface area contributed by atoms with Crippen molar-refractivity contribution in [3.8, 4) is 5.75 Å². The van der Waals surface area contributed by atoms with Gasteiger partial charge in [-0.05, 0) is 31.0 Å². The van der Waals surface area contributed by atoms with Gasteiger partial charge in [0.05, 0.1) is 12.5 Å². The molecule has 1 aromatic carbocycles. The summed E-state index contributed by atoms with van der Waals surface area (Å²) in [6.07, 6.45) is 1.56. The molecule has 3 nitrogen and oxygen atoms in total. The minimum Gasteiger partial charge on any atom is -0.493 e. The fourth-order valence-corrected chi connectivity index (χ4v) is 3.06. The first-order valence-corrected chi connectivity index (χ1v) is 6.08. The Morgan fingerprint density at radius 2 is 2.38 bits per heavy atom. The summed E-state index contributed by atoms with van der Waals surface area (Å²) >= 11 is 3.42. The average molecular weight is 283 g/mol. The van der Waals surface area contributed by atoms with E-state index in [9.17, 15) is 4.79 Å². The highest BCUT2D eigenvalue weighted by Gasteiger charge is 2.61. The van der Waals surface area contributed by atoms with Crippen LogP contribution >= 0.6 is 15.9 Å². The Morgan fingerprint density at radius 3 is 3.06 bits per heavy atom. The van der Waals surface area contributed by atoms with Crippen LogP contribution in [0.1, 0.15) is 18.4 Å². The topological polar surface area (TPSA) is 46.5 Å². The van der Waals surface area contributed by atoms with Crippen LogP contribution in [0.3, 0.4) is 0 Å². The molecule has 0 bridgehead atoms. The predicted molar refractivity (Wildman–Crippen MR) is 61.7 cm³/mol. The van der Waals surface area contributed by atoms with E-state index in [-0.39, 0.29) is 11.3 Å². The van der Waals surface area contributed by atoms with Gasteiger partial charge in [-0.15, -0.1) is 0 Å².